The van der Waals surface area contributed by atoms with Gasteiger partial charge in [-0.1, -0.05) is 6.07 Å². The van der Waals surface area contributed by atoms with E-state index in [4.69, 9.17) is 10.5 Å². The highest BCUT2D eigenvalue weighted by Gasteiger charge is 2.51. The van der Waals surface area contributed by atoms with E-state index in [0.717, 1.165) is 19.4 Å². The van der Waals surface area contributed by atoms with Crippen LogP contribution in [0.3, 0.4) is 0 Å². The van der Waals surface area contributed by atoms with Crippen molar-refractivity contribution in [1.82, 2.24) is 10.3 Å². The molecule has 2 heterocycles. The van der Waals surface area contributed by atoms with Crippen molar-refractivity contribution in [2.75, 3.05) is 6.61 Å². The number of nitrogens with two attached hydrogens (primary N) is 1. The van der Waals surface area contributed by atoms with Gasteiger partial charge in [0.25, 0.3) is 5.91 Å². The van der Waals surface area contributed by atoms with E-state index in [9.17, 15) is 4.79 Å². The van der Waals surface area contributed by atoms with E-state index < -0.39 is 0 Å². The molecule has 3 rings (SSSR count). The number of nitrogens with zero attached hydrogens (tertiary/aromatic N) is 1. The topological polar surface area (TPSA) is 77.2 Å². The smallest absolute Gasteiger partial charge is 0.270 e. The molecule has 3 N–H and O–H groups in total. The molecule has 0 bridgehead atoms. The zero-order valence-corrected chi connectivity index (χ0v) is 10.1. The molecule has 1 aliphatic heterocycles. The van der Waals surface area contributed by atoms with Crippen LogP contribution in [0.4, 0.5) is 0 Å². The number of aromatic nitrogens is 1. The minimum absolute atomic E-state index is 0.00274. The highest BCUT2D eigenvalue weighted by atomic mass is 16.5. The molecule has 1 aromatic heterocycles. The average molecular weight is 247 g/mol. The Morgan fingerprint density at radius 2 is 2.39 bits per heavy atom. The van der Waals surface area contributed by atoms with E-state index in [1.54, 1.807) is 24.4 Å². The SMILES string of the molecule is NC1C2CCCOC2C1NC(=O)c1ccccn1. The monoisotopic (exact) mass is 247 g/mol. The third-order valence-electron chi connectivity index (χ3n) is 3.87. The molecule has 4 unspecified atom stereocenters. The molecule has 1 aromatic rings. The number of hydrogen-bond donors (Lipinski definition) is 2. The second kappa shape index (κ2) is 4.66. The average Bonchev–Trinajstić information content (AvgIpc) is 2.45. The second-order valence-corrected chi connectivity index (χ2v) is 4.93. The Morgan fingerprint density at radius 1 is 1.50 bits per heavy atom. The molecule has 1 amide bonds. The van der Waals surface area contributed by atoms with E-state index in [2.05, 4.69) is 10.3 Å². The van der Waals surface area contributed by atoms with Crippen LogP contribution in [0.2, 0.25) is 0 Å². The number of pyridine rings is 1. The Bertz CT molecular complexity index is 437. The lowest BCUT2D eigenvalue weighted by molar-refractivity contribution is -0.117. The van der Waals surface area contributed by atoms with Gasteiger partial charge in [-0.25, -0.2) is 0 Å². The Kier molecular flexibility index (Phi) is 3.01. The number of rotatable bonds is 2. The van der Waals surface area contributed by atoms with E-state index in [-0.39, 0.29) is 24.1 Å². The lowest BCUT2D eigenvalue weighted by Gasteiger charge is -2.52. The first-order valence-corrected chi connectivity index (χ1v) is 6.36. The number of ether oxygens (including phenoxy) is 1. The van der Waals surface area contributed by atoms with Gasteiger partial charge in [0.05, 0.1) is 12.1 Å². The number of carbonyl (C=O) groups is 1. The van der Waals surface area contributed by atoms with Crippen LogP contribution >= 0.6 is 0 Å². The Morgan fingerprint density at radius 3 is 3.17 bits per heavy atom. The van der Waals surface area contributed by atoms with Gasteiger partial charge in [-0.15, -0.1) is 0 Å². The summed E-state index contributed by atoms with van der Waals surface area (Å²) in [7, 11) is 0. The third-order valence-corrected chi connectivity index (χ3v) is 3.87. The quantitative estimate of drug-likeness (QED) is 0.789. The first-order valence-electron chi connectivity index (χ1n) is 6.36. The predicted octanol–water partition coefficient (Wildman–Crippen LogP) is 0.316. The molecule has 1 saturated carbocycles. The Hall–Kier alpha value is -1.46. The molecular formula is C13H17N3O2. The van der Waals surface area contributed by atoms with Crippen LogP contribution in [-0.4, -0.2) is 35.7 Å². The molecule has 5 nitrogen and oxygen atoms in total. The lowest BCUT2D eigenvalue weighted by Crippen LogP contribution is -2.72. The molecule has 5 heteroatoms. The van der Waals surface area contributed by atoms with Crippen molar-refractivity contribution in [2.24, 2.45) is 11.7 Å². The molecule has 96 valence electrons. The summed E-state index contributed by atoms with van der Waals surface area (Å²) < 4.78 is 5.68. The van der Waals surface area contributed by atoms with Crippen molar-refractivity contribution in [3.05, 3.63) is 30.1 Å². The minimum atomic E-state index is -0.177. The molecule has 0 radical (unpaired) electrons. The Labute approximate surface area is 106 Å². The van der Waals surface area contributed by atoms with Gasteiger partial charge in [-0.05, 0) is 25.0 Å². The molecule has 0 spiro atoms. The van der Waals surface area contributed by atoms with Crippen molar-refractivity contribution in [1.29, 1.82) is 0 Å². The Balaban J connectivity index is 1.65. The minimum Gasteiger partial charge on any atom is -0.376 e. The summed E-state index contributed by atoms with van der Waals surface area (Å²) in [6, 6.07) is 5.20. The van der Waals surface area contributed by atoms with Gasteiger partial charge in [0.15, 0.2) is 0 Å². The standard InChI is InChI=1S/C13H17N3O2/c14-10-8-4-3-7-18-12(8)11(10)16-13(17)9-5-1-2-6-15-9/h1-2,5-6,8,10-12H,3-4,7,14H2,(H,16,17). The molecule has 4 atom stereocenters. The van der Waals surface area contributed by atoms with Crippen LogP contribution in [0.1, 0.15) is 23.3 Å². The fraction of sp³-hybridized carbons (Fsp3) is 0.538. The van der Waals surface area contributed by atoms with Crippen LogP contribution in [0.25, 0.3) is 0 Å². The number of carbonyl (C=O) groups excluding carboxylic acids is 1. The van der Waals surface area contributed by atoms with Gasteiger partial charge in [0.1, 0.15) is 5.69 Å². The van der Waals surface area contributed by atoms with Gasteiger partial charge >= 0.3 is 0 Å². The predicted molar refractivity (Wildman–Crippen MR) is 65.9 cm³/mol. The summed E-state index contributed by atoms with van der Waals surface area (Å²) in [6.07, 6.45) is 3.86. The van der Waals surface area contributed by atoms with Gasteiger partial charge < -0.3 is 15.8 Å². The molecule has 2 fully saturated rings. The molecular weight excluding hydrogens is 230 g/mol. The van der Waals surface area contributed by atoms with Crippen molar-refractivity contribution in [3.63, 3.8) is 0 Å². The fourth-order valence-corrected chi connectivity index (χ4v) is 2.85. The van der Waals surface area contributed by atoms with Crippen LogP contribution in [0.5, 0.6) is 0 Å². The first-order chi connectivity index (χ1) is 8.77. The highest BCUT2D eigenvalue weighted by molar-refractivity contribution is 5.92. The van der Waals surface area contributed by atoms with Crippen LogP contribution < -0.4 is 11.1 Å². The normalized spacial score (nSPS) is 34.3. The summed E-state index contributed by atoms with van der Waals surface area (Å²) in [5.41, 5.74) is 6.51. The molecule has 2 aliphatic rings. The third kappa shape index (κ3) is 1.89. The van der Waals surface area contributed by atoms with E-state index >= 15 is 0 Å². The summed E-state index contributed by atoms with van der Waals surface area (Å²) in [5.74, 6) is 0.219. The molecule has 1 aliphatic carbocycles. The highest BCUT2D eigenvalue weighted by Crippen LogP contribution is 2.36. The van der Waals surface area contributed by atoms with Crippen molar-refractivity contribution in [2.45, 2.75) is 31.0 Å². The van der Waals surface area contributed by atoms with E-state index in [0.29, 0.717) is 11.6 Å². The van der Waals surface area contributed by atoms with Crippen LogP contribution in [0, 0.1) is 5.92 Å². The van der Waals surface area contributed by atoms with Gasteiger partial charge in [0.2, 0.25) is 0 Å². The van der Waals surface area contributed by atoms with Crippen molar-refractivity contribution >= 4 is 5.91 Å². The molecule has 18 heavy (non-hydrogen) atoms. The number of fused-ring (bicyclic) bond motifs is 1. The zero-order valence-electron chi connectivity index (χ0n) is 10.1. The summed E-state index contributed by atoms with van der Waals surface area (Å²) in [6.45, 7) is 0.768. The first kappa shape index (κ1) is 11.6. The number of amides is 1. The van der Waals surface area contributed by atoms with Crippen LogP contribution in [-0.2, 0) is 4.74 Å². The summed E-state index contributed by atoms with van der Waals surface area (Å²) >= 11 is 0. The van der Waals surface area contributed by atoms with E-state index in [1.807, 2.05) is 0 Å². The van der Waals surface area contributed by atoms with E-state index in [1.165, 1.54) is 0 Å². The number of nitrogens with one attached hydrogen (secondary N) is 1. The summed E-state index contributed by atoms with van der Waals surface area (Å²) in [4.78, 5) is 16.0. The largest absolute Gasteiger partial charge is 0.376 e. The van der Waals surface area contributed by atoms with Crippen molar-refractivity contribution < 1.29 is 9.53 Å². The van der Waals surface area contributed by atoms with Gasteiger partial charge in [-0.3, -0.25) is 9.78 Å². The van der Waals surface area contributed by atoms with Gasteiger partial charge in [0, 0.05) is 24.8 Å². The summed E-state index contributed by atoms with van der Waals surface area (Å²) in [5, 5.41) is 2.93. The lowest BCUT2D eigenvalue weighted by atomic mass is 9.68. The van der Waals surface area contributed by atoms with Crippen molar-refractivity contribution in [3.8, 4) is 0 Å². The zero-order chi connectivity index (χ0) is 12.5. The van der Waals surface area contributed by atoms with Crippen LogP contribution in [0.15, 0.2) is 24.4 Å². The molecule has 0 aromatic carbocycles. The number of hydrogen-bond acceptors (Lipinski definition) is 4. The maximum Gasteiger partial charge on any atom is 0.270 e. The molecule has 1 saturated heterocycles. The fourth-order valence-electron chi connectivity index (χ4n) is 2.85. The van der Waals surface area contributed by atoms with Gasteiger partial charge in [-0.2, -0.15) is 0 Å². The second-order valence-electron chi connectivity index (χ2n) is 4.93. The maximum absolute atomic E-state index is 12.0. The maximum atomic E-state index is 12.0.